The van der Waals surface area contributed by atoms with E-state index in [-0.39, 0.29) is 12.5 Å². The van der Waals surface area contributed by atoms with E-state index in [0.29, 0.717) is 21.4 Å². The average Bonchev–Trinajstić information content (AvgIpc) is 2.53. The number of carbonyl (C=O) groups excluding carboxylic acids is 1. The summed E-state index contributed by atoms with van der Waals surface area (Å²) in [5, 5.41) is 4.67. The molecular formula is C17H16Cl2N2O2. The maximum Gasteiger partial charge on any atom is 0.277 e. The van der Waals surface area contributed by atoms with Gasteiger partial charge in [-0.3, -0.25) is 4.79 Å². The Balaban J connectivity index is 1.89. The highest BCUT2D eigenvalue weighted by Gasteiger charge is 2.06. The van der Waals surface area contributed by atoms with Crippen molar-refractivity contribution in [1.82, 2.24) is 5.43 Å². The molecule has 0 atom stereocenters. The van der Waals surface area contributed by atoms with Crippen molar-refractivity contribution in [3.05, 3.63) is 63.1 Å². The summed E-state index contributed by atoms with van der Waals surface area (Å²) in [5.74, 6) is 0.322. The molecule has 2 aromatic rings. The van der Waals surface area contributed by atoms with E-state index >= 15 is 0 Å². The summed E-state index contributed by atoms with van der Waals surface area (Å²) in [6, 6.07) is 10.9. The minimum absolute atomic E-state index is 0.120. The highest BCUT2D eigenvalue weighted by molar-refractivity contribution is 6.43. The number of halogens is 2. The van der Waals surface area contributed by atoms with Crippen molar-refractivity contribution in [3.63, 3.8) is 0 Å². The monoisotopic (exact) mass is 350 g/mol. The summed E-state index contributed by atoms with van der Waals surface area (Å²) >= 11 is 11.9. The van der Waals surface area contributed by atoms with Gasteiger partial charge in [0.1, 0.15) is 5.75 Å². The predicted molar refractivity (Wildman–Crippen MR) is 93.6 cm³/mol. The number of aryl methyl sites for hydroxylation is 1. The third kappa shape index (κ3) is 4.71. The van der Waals surface area contributed by atoms with Gasteiger partial charge in [0.25, 0.3) is 5.91 Å². The third-order valence-electron chi connectivity index (χ3n) is 3.29. The van der Waals surface area contributed by atoms with Crippen molar-refractivity contribution in [2.24, 2.45) is 5.10 Å². The van der Waals surface area contributed by atoms with Gasteiger partial charge in [-0.15, -0.1) is 0 Å². The normalized spacial score (nSPS) is 10.8. The van der Waals surface area contributed by atoms with Crippen LogP contribution >= 0.6 is 23.2 Å². The molecule has 120 valence electrons. The zero-order chi connectivity index (χ0) is 16.8. The second-order valence-electron chi connectivity index (χ2n) is 4.92. The van der Waals surface area contributed by atoms with Gasteiger partial charge in [0.15, 0.2) is 6.61 Å². The molecule has 0 aromatic heterocycles. The van der Waals surface area contributed by atoms with E-state index in [1.165, 1.54) is 6.21 Å². The fourth-order valence-electron chi connectivity index (χ4n) is 1.85. The lowest BCUT2D eigenvalue weighted by Gasteiger charge is -2.09. The SMILES string of the molecule is Cc1cccc(OCC(=O)NN=Cc2cccc(Cl)c2Cl)c1C. The smallest absolute Gasteiger partial charge is 0.277 e. The molecule has 0 radical (unpaired) electrons. The van der Waals surface area contributed by atoms with Crippen LogP contribution in [-0.4, -0.2) is 18.7 Å². The molecule has 0 spiro atoms. The van der Waals surface area contributed by atoms with Gasteiger partial charge in [-0.05, 0) is 37.1 Å². The molecule has 0 fully saturated rings. The average molecular weight is 351 g/mol. The van der Waals surface area contributed by atoms with E-state index in [0.717, 1.165) is 11.1 Å². The first-order valence-electron chi connectivity index (χ1n) is 6.94. The Morgan fingerprint density at radius 1 is 1.22 bits per heavy atom. The molecule has 23 heavy (non-hydrogen) atoms. The molecule has 4 nitrogen and oxygen atoms in total. The van der Waals surface area contributed by atoms with Crippen LogP contribution in [0.1, 0.15) is 16.7 Å². The van der Waals surface area contributed by atoms with Gasteiger partial charge in [0, 0.05) is 5.56 Å². The molecular weight excluding hydrogens is 335 g/mol. The largest absolute Gasteiger partial charge is 0.483 e. The van der Waals surface area contributed by atoms with Crippen molar-refractivity contribution >= 4 is 35.3 Å². The van der Waals surface area contributed by atoms with Crippen LogP contribution in [0.4, 0.5) is 0 Å². The van der Waals surface area contributed by atoms with Crippen molar-refractivity contribution in [3.8, 4) is 5.75 Å². The van der Waals surface area contributed by atoms with Crippen LogP contribution in [0.2, 0.25) is 10.0 Å². The van der Waals surface area contributed by atoms with E-state index in [1.54, 1.807) is 18.2 Å². The van der Waals surface area contributed by atoms with E-state index in [2.05, 4.69) is 10.5 Å². The Labute approximate surface area is 145 Å². The number of rotatable bonds is 5. The van der Waals surface area contributed by atoms with Crippen LogP contribution in [0.25, 0.3) is 0 Å². The van der Waals surface area contributed by atoms with Gasteiger partial charge in [-0.25, -0.2) is 5.43 Å². The minimum Gasteiger partial charge on any atom is -0.483 e. The predicted octanol–water partition coefficient (Wildman–Crippen LogP) is 4.14. The van der Waals surface area contributed by atoms with Gasteiger partial charge in [-0.2, -0.15) is 5.10 Å². The molecule has 0 saturated carbocycles. The van der Waals surface area contributed by atoms with Gasteiger partial charge in [-0.1, -0.05) is 47.5 Å². The van der Waals surface area contributed by atoms with E-state index < -0.39 is 0 Å². The number of ether oxygens (including phenoxy) is 1. The molecule has 0 heterocycles. The fraction of sp³-hybridized carbons (Fsp3) is 0.176. The maximum absolute atomic E-state index is 11.7. The van der Waals surface area contributed by atoms with Crippen molar-refractivity contribution in [2.75, 3.05) is 6.61 Å². The van der Waals surface area contributed by atoms with Crippen LogP contribution in [0.3, 0.4) is 0 Å². The summed E-state index contributed by atoms with van der Waals surface area (Å²) in [7, 11) is 0. The molecule has 0 aliphatic carbocycles. The molecule has 0 aliphatic heterocycles. The van der Waals surface area contributed by atoms with Gasteiger partial charge in [0.05, 0.1) is 16.3 Å². The molecule has 0 bridgehead atoms. The number of carbonyl (C=O) groups is 1. The van der Waals surface area contributed by atoms with Crippen LogP contribution < -0.4 is 10.2 Å². The Morgan fingerprint density at radius 2 is 1.96 bits per heavy atom. The van der Waals surface area contributed by atoms with Gasteiger partial charge in [0.2, 0.25) is 0 Å². The lowest BCUT2D eigenvalue weighted by atomic mass is 10.1. The summed E-state index contributed by atoms with van der Waals surface area (Å²) in [4.78, 5) is 11.7. The van der Waals surface area contributed by atoms with Crippen LogP contribution in [0.5, 0.6) is 5.75 Å². The standard InChI is InChI=1S/C17H16Cl2N2O2/c1-11-5-3-8-15(12(11)2)23-10-16(22)21-20-9-13-6-4-7-14(18)17(13)19/h3-9H,10H2,1-2H3,(H,21,22). The molecule has 0 unspecified atom stereocenters. The van der Waals surface area contributed by atoms with E-state index in [4.69, 9.17) is 27.9 Å². The number of hydrazone groups is 1. The fourth-order valence-corrected chi connectivity index (χ4v) is 2.21. The topological polar surface area (TPSA) is 50.7 Å². The summed E-state index contributed by atoms with van der Waals surface area (Å²) in [6.07, 6.45) is 1.43. The minimum atomic E-state index is -0.361. The summed E-state index contributed by atoms with van der Waals surface area (Å²) in [6.45, 7) is 3.81. The number of nitrogens with one attached hydrogen (secondary N) is 1. The molecule has 6 heteroatoms. The number of benzene rings is 2. The van der Waals surface area contributed by atoms with E-state index in [1.807, 2.05) is 32.0 Å². The number of hydrogen-bond donors (Lipinski definition) is 1. The molecule has 0 aliphatic rings. The molecule has 2 rings (SSSR count). The quantitative estimate of drug-likeness (QED) is 0.650. The zero-order valence-electron chi connectivity index (χ0n) is 12.8. The van der Waals surface area contributed by atoms with Crippen LogP contribution in [0, 0.1) is 13.8 Å². The molecule has 2 aromatic carbocycles. The number of nitrogens with zero attached hydrogens (tertiary/aromatic N) is 1. The first kappa shape index (κ1) is 17.3. The Hall–Kier alpha value is -2.04. The van der Waals surface area contributed by atoms with Gasteiger partial charge < -0.3 is 4.74 Å². The molecule has 1 amide bonds. The Bertz CT molecular complexity index is 745. The summed E-state index contributed by atoms with van der Waals surface area (Å²) in [5.41, 5.74) is 5.12. The molecule has 0 saturated heterocycles. The lowest BCUT2D eigenvalue weighted by molar-refractivity contribution is -0.123. The van der Waals surface area contributed by atoms with Crippen molar-refractivity contribution in [1.29, 1.82) is 0 Å². The third-order valence-corrected chi connectivity index (χ3v) is 4.12. The number of hydrogen-bond acceptors (Lipinski definition) is 3. The van der Waals surface area contributed by atoms with E-state index in [9.17, 15) is 4.79 Å². The maximum atomic E-state index is 11.7. The zero-order valence-corrected chi connectivity index (χ0v) is 14.3. The van der Waals surface area contributed by atoms with Gasteiger partial charge >= 0.3 is 0 Å². The first-order chi connectivity index (χ1) is 11.0. The highest BCUT2D eigenvalue weighted by atomic mass is 35.5. The van der Waals surface area contributed by atoms with Crippen LogP contribution in [-0.2, 0) is 4.79 Å². The van der Waals surface area contributed by atoms with Crippen molar-refractivity contribution < 1.29 is 9.53 Å². The Morgan fingerprint density at radius 3 is 2.74 bits per heavy atom. The Kier molecular flexibility index (Phi) is 6.02. The first-order valence-corrected chi connectivity index (χ1v) is 7.69. The second-order valence-corrected chi connectivity index (χ2v) is 5.71. The molecule has 1 N–H and O–H groups in total. The van der Waals surface area contributed by atoms with Crippen LogP contribution in [0.15, 0.2) is 41.5 Å². The lowest BCUT2D eigenvalue weighted by Crippen LogP contribution is -2.24. The number of amides is 1. The second kappa shape index (κ2) is 7.99. The summed E-state index contributed by atoms with van der Waals surface area (Å²) < 4.78 is 5.49. The highest BCUT2D eigenvalue weighted by Crippen LogP contribution is 2.24. The van der Waals surface area contributed by atoms with Crippen molar-refractivity contribution in [2.45, 2.75) is 13.8 Å².